The number of aryl methyl sites for hydroxylation is 1. The molecule has 1 heterocycles. The smallest absolute Gasteiger partial charge is 0.335 e. The fraction of sp³-hybridized carbons (Fsp3) is 0.385. The van der Waals surface area contributed by atoms with E-state index in [0.29, 0.717) is 5.56 Å². The first-order valence-corrected chi connectivity index (χ1v) is 12.5. The Hall–Kier alpha value is -2.77. The van der Waals surface area contributed by atoms with Gasteiger partial charge in [-0.1, -0.05) is 74.9 Å². The lowest BCUT2D eigenvalue weighted by Crippen LogP contribution is -2.41. The van der Waals surface area contributed by atoms with Crippen molar-refractivity contribution in [3.05, 3.63) is 77.4 Å². The van der Waals surface area contributed by atoms with Crippen LogP contribution >= 0.6 is 0 Å². The lowest BCUT2D eigenvalue weighted by atomic mass is 9.87. The van der Waals surface area contributed by atoms with Crippen LogP contribution < -0.4 is 0 Å². The number of esters is 1. The van der Waals surface area contributed by atoms with Gasteiger partial charge >= 0.3 is 5.97 Å². The van der Waals surface area contributed by atoms with Crippen LogP contribution in [-0.4, -0.2) is 37.1 Å². The maximum Gasteiger partial charge on any atom is 0.335 e. The molecule has 0 aliphatic carbocycles. The Morgan fingerprint density at radius 3 is 2.15 bits per heavy atom. The third-order valence-electron chi connectivity index (χ3n) is 5.70. The van der Waals surface area contributed by atoms with Crippen molar-refractivity contribution in [2.24, 2.45) is 5.41 Å². The SMILES string of the molecule is CCOC(=O)C1=C[C@@H](CC(=O)C(C)(C)C)N(S(=O)(=O)c2ccc(C)cc2)[C@H]1c1ccccc1. The minimum Gasteiger partial charge on any atom is -0.463 e. The third-order valence-corrected chi connectivity index (χ3v) is 7.61. The van der Waals surface area contributed by atoms with Crippen molar-refractivity contribution in [2.75, 3.05) is 6.61 Å². The molecule has 0 N–H and O–H groups in total. The zero-order valence-electron chi connectivity index (χ0n) is 19.7. The number of Topliss-reactive ketones (excluding diaryl/α,β-unsaturated/α-hetero) is 1. The summed E-state index contributed by atoms with van der Waals surface area (Å²) < 4.78 is 34.4. The number of carbonyl (C=O) groups is 2. The van der Waals surface area contributed by atoms with Crippen LogP contribution in [0.3, 0.4) is 0 Å². The molecule has 176 valence electrons. The predicted octanol–water partition coefficient (Wildman–Crippen LogP) is 4.60. The maximum atomic E-state index is 13.9. The summed E-state index contributed by atoms with van der Waals surface area (Å²) in [6.07, 6.45) is 1.55. The van der Waals surface area contributed by atoms with Crippen LogP contribution in [0.25, 0.3) is 0 Å². The minimum atomic E-state index is -4.05. The normalized spacial score (nSPS) is 19.2. The number of ketones is 1. The monoisotopic (exact) mass is 469 g/mol. The second-order valence-corrected chi connectivity index (χ2v) is 11.1. The Kier molecular flexibility index (Phi) is 7.24. The van der Waals surface area contributed by atoms with Crippen molar-refractivity contribution < 1.29 is 22.7 Å². The van der Waals surface area contributed by atoms with Crippen molar-refractivity contribution in [2.45, 2.75) is 58.0 Å². The van der Waals surface area contributed by atoms with Gasteiger partial charge in [0.05, 0.1) is 29.2 Å². The van der Waals surface area contributed by atoms with Crippen LogP contribution in [0.1, 0.15) is 51.3 Å². The first-order valence-electron chi connectivity index (χ1n) is 11.0. The van der Waals surface area contributed by atoms with Crippen LogP contribution in [0.15, 0.2) is 71.1 Å². The van der Waals surface area contributed by atoms with E-state index in [-0.39, 0.29) is 29.3 Å². The molecule has 0 saturated carbocycles. The highest BCUT2D eigenvalue weighted by molar-refractivity contribution is 7.89. The van der Waals surface area contributed by atoms with Crippen LogP contribution in [0.4, 0.5) is 0 Å². The van der Waals surface area contributed by atoms with E-state index < -0.39 is 33.5 Å². The molecule has 0 fully saturated rings. The summed E-state index contributed by atoms with van der Waals surface area (Å²) in [6.45, 7) is 9.14. The Balaban J connectivity index is 2.19. The topological polar surface area (TPSA) is 80.8 Å². The van der Waals surface area contributed by atoms with Crippen LogP contribution in [-0.2, 0) is 24.3 Å². The van der Waals surface area contributed by atoms with Gasteiger partial charge in [-0.15, -0.1) is 0 Å². The van der Waals surface area contributed by atoms with Gasteiger partial charge in [-0.3, -0.25) is 4.79 Å². The molecule has 0 bridgehead atoms. The van der Waals surface area contributed by atoms with Gasteiger partial charge < -0.3 is 4.74 Å². The Morgan fingerprint density at radius 2 is 1.61 bits per heavy atom. The molecule has 1 aliphatic rings. The molecule has 6 nitrogen and oxygen atoms in total. The molecule has 2 atom stereocenters. The van der Waals surface area contributed by atoms with Gasteiger partial charge in [0.15, 0.2) is 0 Å². The van der Waals surface area contributed by atoms with Crippen molar-refractivity contribution in [3.63, 3.8) is 0 Å². The molecule has 0 amide bonds. The summed E-state index contributed by atoms with van der Waals surface area (Å²) in [4.78, 5) is 26.0. The average Bonchev–Trinajstić information content (AvgIpc) is 3.14. The summed E-state index contributed by atoms with van der Waals surface area (Å²) in [5.41, 5.74) is 1.14. The van der Waals surface area contributed by atoms with E-state index in [1.54, 1.807) is 82.3 Å². The van der Waals surface area contributed by atoms with Crippen molar-refractivity contribution in [1.29, 1.82) is 0 Å². The first kappa shape index (κ1) is 24.9. The molecule has 33 heavy (non-hydrogen) atoms. The summed E-state index contributed by atoms with van der Waals surface area (Å²) in [7, 11) is -4.05. The van der Waals surface area contributed by atoms with Crippen molar-refractivity contribution >= 4 is 21.8 Å². The van der Waals surface area contributed by atoms with E-state index in [1.165, 1.54) is 4.31 Å². The minimum absolute atomic E-state index is 0.0408. The molecule has 0 saturated heterocycles. The van der Waals surface area contributed by atoms with Gasteiger partial charge in [0.2, 0.25) is 10.0 Å². The molecule has 0 spiro atoms. The van der Waals surface area contributed by atoms with E-state index >= 15 is 0 Å². The number of hydrogen-bond donors (Lipinski definition) is 0. The lowest BCUT2D eigenvalue weighted by Gasteiger charge is -2.32. The van der Waals surface area contributed by atoms with Gasteiger partial charge in [0.25, 0.3) is 0 Å². The molecular weight excluding hydrogens is 438 g/mol. The van der Waals surface area contributed by atoms with Gasteiger partial charge in [-0.2, -0.15) is 4.31 Å². The number of benzene rings is 2. The van der Waals surface area contributed by atoms with Gasteiger partial charge in [-0.25, -0.2) is 13.2 Å². The maximum absolute atomic E-state index is 13.9. The van der Waals surface area contributed by atoms with Gasteiger partial charge in [-0.05, 0) is 31.5 Å². The van der Waals surface area contributed by atoms with Crippen molar-refractivity contribution in [1.82, 2.24) is 4.31 Å². The third kappa shape index (κ3) is 5.25. The summed E-state index contributed by atoms with van der Waals surface area (Å²) >= 11 is 0. The molecule has 2 aromatic carbocycles. The average molecular weight is 470 g/mol. The second kappa shape index (κ2) is 9.61. The zero-order valence-corrected chi connectivity index (χ0v) is 20.6. The van der Waals surface area contributed by atoms with Crippen LogP contribution in [0.5, 0.6) is 0 Å². The summed E-state index contributed by atoms with van der Waals surface area (Å²) in [5.74, 6) is -0.675. The molecular formula is C26H31NO5S. The van der Waals surface area contributed by atoms with E-state index in [9.17, 15) is 18.0 Å². The predicted molar refractivity (Wildman–Crippen MR) is 127 cm³/mol. The second-order valence-electron chi connectivity index (χ2n) is 9.25. The Bertz CT molecular complexity index is 1150. The molecule has 7 heteroatoms. The molecule has 1 aliphatic heterocycles. The molecule has 0 radical (unpaired) electrons. The van der Waals surface area contributed by atoms with Gasteiger partial charge in [0, 0.05) is 11.8 Å². The zero-order chi connectivity index (χ0) is 24.4. The molecule has 0 unspecified atom stereocenters. The number of rotatable bonds is 7. The fourth-order valence-corrected chi connectivity index (χ4v) is 5.58. The highest BCUT2D eigenvalue weighted by Crippen LogP contribution is 2.43. The van der Waals surface area contributed by atoms with E-state index in [0.717, 1.165) is 5.56 Å². The largest absolute Gasteiger partial charge is 0.463 e. The summed E-state index contributed by atoms with van der Waals surface area (Å²) in [5, 5.41) is 0. The Morgan fingerprint density at radius 1 is 1.00 bits per heavy atom. The fourth-order valence-electron chi connectivity index (χ4n) is 3.85. The Labute approximate surface area is 196 Å². The van der Waals surface area contributed by atoms with Crippen molar-refractivity contribution in [3.8, 4) is 0 Å². The number of nitrogens with zero attached hydrogens (tertiary/aromatic N) is 1. The number of sulfonamides is 1. The van der Waals surface area contributed by atoms with E-state index in [2.05, 4.69) is 0 Å². The lowest BCUT2D eigenvalue weighted by molar-refractivity contribution is -0.139. The summed E-state index contributed by atoms with van der Waals surface area (Å²) in [6, 6.07) is 13.8. The quantitative estimate of drug-likeness (QED) is 0.554. The van der Waals surface area contributed by atoms with Crippen LogP contribution in [0, 0.1) is 12.3 Å². The molecule has 3 rings (SSSR count). The molecule has 2 aromatic rings. The van der Waals surface area contributed by atoms with Crippen LogP contribution in [0.2, 0.25) is 0 Å². The highest BCUT2D eigenvalue weighted by atomic mass is 32.2. The number of carbonyl (C=O) groups excluding carboxylic acids is 2. The highest BCUT2D eigenvalue weighted by Gasteiger charge is 2.47. The standard InChI is InChI=1S/C26H31NO5S/c1-6-32-25(29)22-16-20(17-23(28)26(3,4)5)27(24(22)19-10-8-7-9-11-19)33(30,31)21-14-12-18(2)13-15-21/h7-16,20,24H,6,17H2,1-5H3/t20-,24-/m0/s1. The number of ether oxygens (including phenoxy) is 1. The van der Waals surface area contributed by atoms with Gasteiger partial charge in [0.1, 0.15) is 5.78 Å². The molecule has 0 aromatic heterocycles. The number of hydrogen-bond acceptors (Lipinski definition) is 5. The first-order chi connectivity index (χ1) is 15.5. The van der Waals surface area contributed by atoms with E-state index in [1.807, 2.05) is 13.0 Å². The van der Waals surface area contributed by atoms with E-state index in [4.69, 9.17) is 4.74 Å².